The molecule has 0 radical (unpaired) electrons. The molecule has 5 heteroatoms. The van der Waals surface area contributed by atoms with Crippen LogP contribution in [0.5, 0.6) is 0 Å². The number of likely N-dealkylation sites (tertiary alicyclic amines) is 1. The van der Waals surface area contributed by atoms with E-state index in [1.54, 1.807) is 0 Å². The summed E-state index contributed by atoms with van der Waals surface area (Å²) in [5, 5.41) is 3.48. The van der Waals surface area contributed by atoms with Crippen LogP contribution in [-0.4, -0.2) is 43.1 Å². The van der Waals surface area contributed by atoms with Crippen LogP contribution >= 0.6 is 0 Å². The zero-order valence-electron chi connectivity index (χ0n) is 12.4. The molecule has 5 nitrogen and oxygen atoms in total. The van der Waals surface area contributed by atoms with E-state index in [0.29, 0.717) is 18.0 Å². The third-order valence-electron chi connectivity index (χ3n) is 4.44. The summed E-state index contributed by atoms with van der Waals surface area (Å²) < 4.78 is 0. The highest BCUT2D eigenvalue weighted by Gasteiger charge is 2.24. The van der Waals surface area contributed by atoms with Gasteiger partial charge < -0.3 is 10.2 Å². The molecule has 110 valence electrons. The van der Waals surface area contributed by atoms with E-state index in [4.69, 9.17) is 10.8 Å². The van der Waals surface area contributed by atoms with Gasteiger partial charge in [-0.3, -0.25) is 5.43 Å². The Kier molecular flexibility index (Phi) is 5.45. The van der Waals surface area contributed by atoms with Crippen LogP contribution in [0, 0.1) is 5.92 Å². The maximum Gasteiger partial charge on any atom is 0.206 e. The molecule has 0 bridgehead atoms. The maximum atomic E-state index is 5.63. The molecule has 1 aliphatic carbocycles. The zero-order chi connectivity index (χ0) is 13.7. The number of rotatable bonds is 2. The summed E-state index contributed by atoms with van der Waals surface area (Å²) in [6, 6.07) is 0.934. The van der Waals surface area contributed by atoms with Crippen molar-refractivity contribution < 1.29 is 0 Å². The highest BCUT2D eigenvalue weighted by Crippen LogP contribution is 2.20. The molecule has 1 saturated carbocycles. The molecule has 2 unspecified atom stereocenters. The van der Waals surface area contributed by atoms with E-state index in [-0.39, 0.29) is 0 Å². The molecule has 0 amide bonds. The number of nitrogens with two attached hydrogens (primary N) is 1. The molecule has 4 N–H and O–H groups in total. The third kappa shape index (κ3) is 4.35. The van der Waals surface area contributed by atoms with Crippen molar-refractivity contribution in [2.24, 2.45) is 16.8 Å². The molecule has 1 heterocycles. The van der Waals surface area contributed by atoms with Crippen molar-refractivity contribution in [3.05, 3.63) is 0 Å². The molecule has 2 fully saturated rings. The van der Waals surface area contributed by atoms with Crippen LogP contribution in [0.4, 0.5) is 0 Å². The first-order valence-electron chi connectivity index (χ1n) is 7.68. The van der Waals surface area contributed by atoms with E-state index >= 15 is 0 Å². The van der Waals surface area contributed by atoms with Gasteiger partial charge in [-0.05, 0) is 38.8 Å². The molecule has 2 rings (SSSR count). The van der Waals surface area contributed by atoms with Crippen LogP contribution in [0.3, 0.4) is 0 Å². The highest BCUT2D eigenvalue weighted by atomic mass is 15.3. The summed E-state index contributed by atoms with van der Waals surface area (Å²) in [6.45, 7) is 4.52. The molecule has 1 saturated heterocycles. The molecule has 2 atom stereocenters. The quantitative estimate of drug-likeness (QED) is 0.303. The van der Waals surface area contributed by atoms with Gasteiger partial charge in [0.2, 0.25) is 5.96 Å². The van der Waals surface area contributed by atoms with Gasteiger partial charge >= 0.3 is 0 Å². The van der Waals surface area contributed by atoms with Crippen LogP contribution in [0.1, 0.15) is 45.4 Å². The van der Waals surface area contributed by atoms with Gasteiger partial charge in [0.1, 0.15) is 0 Å². The minimum absolute atomic E-state index is 0.387. The van der Waals surface area contributed by atoms with E-state index in [1.165, 1.54) is 32.1 Å². The minimum Gasteiger partial charge on any atom is -0.353 e. The Morgan fingerprint density at radius 1 is 1.21 bits per heavy atom. The molecular formula is C14H29N5. The average Bonchev–Trinajstić information content (AvgIpc) is 2.42. The molecule has 2 aliphatic rings. The fourth-order valence-electron chi connectivity index (χ4n) is 3.26. The molecule has 0 aromatic carbocycles. The summed E-state index contributed by atoms with van der Waals surface area (Å²) >= 11 is 0. The number of nitrogens with one attached hydrogen (secondary N) is 2. The van der Waals surface area contributed by atoms with Gasteiger partial charge in [-0.1, -0.05) is 26.2 Å². The highest BCUT2D eigenvalue weighted by molar-refractivity contribution is 5.79. The van der Waals surface area contributed by atoms with E-state index < -0.39 is 0 Å². The normalized spacial score (nSPS) is 31.2. The van der Waals surface area contributed by atoms with Gasteiger partial charge in [-0.25, -0.2) is 10.8 Å². The van der Waals surface area contributed by atoms with Gasteiger partial charge in [0.15, 0.2) is 0 Å². The van der Waals surface area contributed by atoms with Crippen molar-refractivity contribution >= 4 is 5.96 Å². The van der Waals surface area contributed by atoms with Crippen molar-refractivity contribution in [1.82, 2.24) is 15.6 Å². The Bertz CT molecular complexity index is 298. The van der Waals surface area contributed by atoms with E-state index in [0.717, 1.165) is 25.5 Å². The maximum absolute atomic E-state index is 5.63. The number of hydrogen-bond donors (Lipinski definition) is 3. The van der Waals surface area contributed by atoms with Crippen molar-refractivity contribution in [2.45, 2.75) is 57.5 Å². The molecule has 19 heavy (non-hydrogen) atoms. The first-order chi connectivity index (χ1) is 9.19. The lowest BCUT2D eigenvalue weighted by Gasteiger charge is -2.33. The summed E-state index contributed by atoms with van der Waals surface area (Å²) in [4.78, 5) is 7.18. The average molecular weight is 267 g/mol. The summed E-state index contributed by atoms with van der Waals surface area (Å²) in [5.74, 6) is 7.00. The van der Waals surface area contributed by atoms with E-state index in [9.17, 15) is 0 Å². The predicted molar refractivity (Wildman–Crippen MR) is 79.8 cm³/mol. The predicted octanol–water partition coefficient (Wildman–Crippen LogP) is 1.07. The van der Waals surface area contributed by atoms with Gasteiger partial charge in [0, 0.05) is 12.6 Å². The molecular weight excluding hydrogens is 238 g/mol. The Labute approximate surface area is 117 Å². The monoisotopic (exact) mass is 267 g/mol. The number of nitrogens with zero attached hydrogens (tertiary/aromatic N) is 2. The lowest BCUT2D eigenvalue weighted by atomic mass is 9.94. The minimum atomic E-state index is 0.387. The Morgan fingerprint density at radius 2 is 1.95 bits per heavy atom. The van der Waals surface area contributed by atoms with Gasteiger partial charge in [-0.2, -0.15) is 0 Å². The second-order valence-electron chi connectivity index (χ2n) is 6.20. The fourth-order valence-corrected chi connectivity index (χ4v) is 3.26. The Hall–Kier alpha value is -0.810. The van der Waals surface area contributed by atoms with Crippen LogP contribution in [0.25, 0.3) is 0 Å². The lowest BCUT2D eigenvalue weighted by molar-refractivity contribution is 0.198. The largest absolute Gasteiger partial charge is 0.353 e. The number of hydrogen-bond acceptors (Lipinski definition) is 3. The van der Waals surface area contributed by atoms with Crippen molar-refractivity contribution in [2.75, 3.05) is 20.1 Å². The Morgan fingerprint density at radius 3 is 2.58 bits per heavy atom. The number of aliphatic imine (C=N–C) groups is 1. The van der Waals surface area contributed by atoms with Crippen molar-refractivity contribution in [3.63, 3.8) is 0 Å². The van der Waals surface area contributed by atoms with Gasteiger partial charge in [0.05, 0.1) is 6.04 Å². The number of hydrazine groups is 1. The van der Waals surface area contributed by atoms with E-state index in [1.807, 2.05) is 0 Å². The fraction of sp³-hybridized carbons (Fsp3) is 0.929. The SMILES string of the molecule is CC1CN(C)CCC1N=C(NN)NC1CCCCC1. The summed E-state index contributed by atoms with van der Waals surface area (Å²) in [6.07, 6.45) is 7.61. The summed E-state index contributed by atoms with van der Waals surface area (Å²) in [5.41, 5.74) is 2.75. The van der Waals surface area contributed by atoms with Gasteiger partial charge in [-0.15, -0.1) is 0 Å². The van der Waals surface area contributed by atoms with Crippen LogP contribution < -0.4 is 16.6 Å². The molecule has 0 spiro atoms. The van der Waals surface area contributed by atoms with Crippen LogP contribution in [0.2, 0.25) is 0 Å². The van der Waals surface area contributed by atoms with E-state index in [2.05, 4.69) is 29.6 Å². The number of guanidine groups is 1. The topological polar surface area (TPSA) is 65.7 Å². The molecule has 1 aliphatic heterocycles. The first kappa shape index (κ1) is 14.6. The van der Waals surface area contributed by atoms with Crippen LogP contribution in [0.15, 0.2) is 4.99 Å². The Balaban J connectivity index is 1.90. The lowest BCUT2D eigenvalue weighted by Crippen LogP contribution is -2.49. The van der Waals surface area contributed by atoms with Crippen molar-refractivity contribution in [3.8, 4) is 0 Å². The second-order valence-corrected chi connectivity index (χ2v) is 6.20. The molecule has 0 aromatic heterocycles. The standard InChI is InChI=1S/C14H29N5/c1-11-10-19(2)9-8-13(11)17-14(18-15)16-12-6-4-3-5-7-12/h11-13H,3-10,15H2,1-2H3,(H2,16,17,18). The number of piperidine rings is 1. The molecule has 0 aromatic rings. The second kappa shape index (κ2) is 7.10. The van der Waals surface area contributed by atoms with Crippen molar-refractivity contribution in [1.29, 1.82) is 0 Å². The van der Waals surface area contributed by atoms with Crippen LogP contribution in [-0.2, 0) is 0 Å². The zero-order valence-corrected chi connectivity index (χ0v) is 12.4. The first-order valence-corrected chi connectivity index (χ1v) is 7.68. The third-order valence-corrected chi connectivity index (χ3v) is 4.44. The van der Waals surface area contributed by atoms with Gasteiger partial charge in [0.25, 0.3) is 0 Å². The summed E-state index contributed by atoms with van der Waals surface area (Å²) in [7, 11) is 2.18. The smallest absolute Gasteiger partial charge is 0.206 e.